The first-order chi connectivity index (χ1) is 12.7. The molecule has 1 aliphatic rings. The largest absolute Gasteiger partial charge is 0.573 e. The van der Waals surface area contributed by atoms with Crippen molar-refractivity contribution in [1.82, 2.24) is 4.90 Å². The minimum Gasteiger partial charge on any atom is -0.406 e. The molecular formula is C18H13F3N2O4. The first-order valence-electron chi connectivity index (χ1n) is 7.81. The number of imide groups is 1. The van der Waals surface area contributed by atoms with Crippen LogP contribution in [0.2, 0.25) is 0 Å². The third-order valence-electron chi connectivity index (χ3n) is 3.95. The summed E-state index contributed by atoms with van der Waals surface area (Å²) in [5, 5.41) is 2.45. The Morgan fingerprint density at radius 3 is 2.00 bits per heavy atom. The van der Waals surface area contributed by atoms with Crippen LogP contribution in [0.25, 0.3) is 0 Å². The number of halogens is 3. The smallest absolute Gasteiger partial charge is 0.406 e. The Hall–Kier alpha value is -3.36. The Kier molecular flexibility index (Phi) is 4.61. The molecule has 9 heteroatoms. The average Bonchev–Trinajstić information content (AvgIpc) is 2.86. The second-order valence-electron chi connectivity index (χ2n) is 5.76. The van der Waals surface area contributed by atoms with Crippen LogP contribution in [0, 0.1) is 0 Å². The minimum absolute atomic E-state index is 0.193. The number of alkyl halides is 3. The Morgan fingerprint density at radius 2 is 1.52 bits per heavy atom. The van der Waals surface area contributed by atoms with Gasteiger partial charge in [0.1, 0.15) is 11.8 Å². The predicted molar refractivity (Wildman–Crippen MR) is 88.2 cm³/mol. The third-order valence-corrected chi connectivity index (χ3v) is 3.95. The molecule has 0 spiro atoms. The molecule has 3 rings (SSSR count). The van der Waals surface area contributed by atoms with Gasteiger partial charge in [-0.3, -0.25) is 19.3 Å². The highest BCUT2D eigenvalue weighted by atomic mass is 19.4. The number of nitrogens with one attached hydrogen (secondary N) is 1. The molecule has 140 valence electrons. The number of benzene rings is 2. The van der Waals surface area contributed by atoms with E-state index in [0.29, 0.717) is 0 Å². The van der Waals surface area contributed by atoms with Crippen LogP contribution in [0.3, 0.4) is 0 Å². The van der Waals surface area contributed by atoms with Crippen LogP contribution in [0.15, 0.2) is 48.5 Å². The van der Waals surface area contributed by atoms with Crippen LogP contribution in [-0.2, 0) is 4.79 Å². The zero-order chi connectivity index (χ0) is 19.8. The lowest BCUT2D eigenvalue weighted by Gasteiger charge is -2.21. The van der Waals surface area contributed by atoms with E-state index in [0.717, 1.165) is 17.0 Å². The van der Waals surface area contributed by atoms with E-state index in [1.165, 1.54) is 31.2 Å². The molecule has 0 saturated carbocycles. The van der Waals surface area contributed by atoms with Gasteiger partial charge in [0.25, 0.3) is 11.8 Å². The summed E-state index contributed by atoms with van der Waals surface area (Å²) in [6.07, 6.45) is -4.81. The zero-order valence-corrected chi connectivity index (χ0v) is 13.9. The third kappa shape index (κ3) is 3.76. The van der Waals surface area contributed by atoms with E-state index >= 15 is 0 Å². The molecule has 27 heavy (non-hydrogen) atoms. The van der Waals surface area contributed by atoms with E-state index in [4.69, 9.17) is 0 Å². The summed E-state index contributed by atoms with van der Waals surface area (Å²) in [5.41, 5.74) is 0.629. The maximum absolute atomic E-state index is 12.4. The fraction of sp³-hybridized carbons (Fsp3) is 0.167. The zero-order valence-electron chi connectivity index (χ0n) is 13.9. The van der Waals surface area contributed by atoms with Crippen molar-refractivity contribution < 1.29 is 32.3 Å². The average molecular weight is 378 g/mol. The fourth-order valence-electron chi connectivity index (χ4n) is 2.66. The molecule has 0 radical (unpaired) electrons. The summed E-state index contributed by atoms with van der Waals surface area (Å²) in [4.78, 5) is 38.0. The topological polar surface area (TPSA) is 75.7 Å². The van der Waals surface area contributed by atoms with Crippen molar-refractivity contribution in [3.63, 3.8) is 0 Å². The first kappa shape index (κ1) is 18.4. The van der Waals surface area contributed by atoms with Crippen LogP contribution >= 0.6 is 0 Å². The van der Waals surface area contributed by atoms with Crippen LogP contribution in [0.1, 0.15) is 27.6 Å². The van der Waals surface area contributed by atoms with Crippen LogP contribution < -0.4 is 10.1 Å². The number of nitrogens with zero attached hydrogens (tertiary/aromatic N) is 1. The Morgan fingerprint density at radius 1 is 1.00 bits per heavy atom. The van der Waals surface area contributed by atoms with E-state index in [9.17, 15) is 27.6 Å². The van der Waals surface area contributed by atoms with Crippen molar-refractivity contribution >= 4 is 23.4 Å². The summed E-state index contributed by atoms with van der Waals surface area (Å²) >= 11 is 0. The second kappa shape index (κ2) is 6.75. The number of anilines is 1. The number of amides is 3. The standard InChI is InChI=1S/C18H13F3N2O4/c1-10(23-16(25)13-4-2-3-5-14(13)17(23)26)15(24)22-11-6-8-12(9-7-11)27-18(19,20)21/h2-10H,1H3,(H,22,24). The van der Waals surface area contributed by atoms with E-state index in [2.05, 4.69) is 10.1 Å². The molecule has 3 amide bonds. The summed E-state index contributed by atoms with van der Waals surface area (Å²) in [6.45, 7) is 1.39. The lowest BCUT2D eigenvalue weighted by atomic mass is 10.1. The van der Waals surface area contributed by atoms with Crippen molar-refractivity contribution in [2.24, 2.45) is 0 Å². The normalized spacial score (nSPS) is 14.7. The minimum atomic E-state index is -4.81. The quantitative estimate of drug-likeness (QED) is 0.829. The molecule has 0 saturated heterocycles. The molecule has 2 aromatic rings. The van der Waals surface area contributed by atoms with Crippen molar-refractivity contribution in [2.75, 3.05) is 5.32 Å². The molecule has 2 aromatic carbocycles. The maximum Gasteiger partial charge on any atom is 0.573 e. The molecule has 6 nitrogen and oxygen atoms in total. The molecule has 0 aromatic heterocycles. The number of rotatable bonds is 4. The monoisotopic (exact) mass is 378 g/mol. The molecular weight excluding hydrogens is 365 g/mol. The predicted octanol–water partition coefficient (Wildman–Crippen LogP) is 3.21. The Bertz CT molecular complexity index is 875. The van der Waals surface area contributed by atoms with Crippen molar-refractivity contribution in [3.05, 3.63) is 59.7 Å². The molecule has 0 bridgehead atoms. The van der Waals surface area contributed by atoms with Gasteiger partial charge in [0.05, 0.1) is 11.1 Å². The van der Waals surface area contributed by atoms with Crippen molar-refractivity contribution in [3.8, 4) is 5.75 Å². The fourth-order valence-corrected chi connectivity index (χ4v) is 2.66. The van der Waals surface area contributed by atoms with Crippen LogP contribution in [-0.4, -0.2) is 35.0 Å². The number of ether oxygens (including phenoxy) is 1. The highest BCUT2D eigenvalue weighted by Crippen LogP contribution is 2.26. The SMILES string of the molecule is CC(C(=O)Nc1ccc(OC(F)(F)F)cc1)N1C(=O)c2ccccc2C1=O. The Labute approximate surface area is 151 Å². The summed E-state index contributed by atoms with van der Waals surface area (Å²) in [6, 6.07) is 9.63. The lowest BCUT2D eigenvalue weighted by molar-refractivity contribution is -0.274. The van der Waals surface area contributed by atoms with Gasteiger partial charge < -0.3 is 10.1 Å². The van der Waals surface area contributed by atoms with Crippen LogP contribution in [0.4, 0.5) is 18.9 Å². The molecule has 0 fully saturated rings. The van der Waals surface area contributed by atoms with E-state index < -0.39 is 35.9 Å². The van der Waals surface area contributed by atoms with Crippen LogP contribution in [0.5, 0.6) is 5.75 Å². The number of fused-ring (bicyclic) bond motifs is 1. The lowest BCUT2D eigenvalue weighted by Crippen LogP contribution is -2.45. The molecule has 1 heterocycles. The second-order valence-corrected chi connectivity index (χ2v) is 5.76. The molecule has 1 N–H and O–H groups in total. The summed E-state index contributed by atoms with van der Waals surface area (Å²) in [5.74, 6) is -2.25. The summed E-state index contributed by atoms with van der Waals surface area (Å²) < 4.78 is 40.2. The molecule has 1 atom stereocenters. The van der Waals surface area contributed by atoms with E-state index in [1.807, 2.05) is 0 Å². The number of hydrogen-bond acceptors (Lipinski definition) is 4. The van der Waals surface area contributed by atoms with E-state index in [1.54, 1.807) is 12.1 Å². The van der Waals surface area contributed by atoms with Gasteiger partial charge in [-0.2, -0.15) is 0 Å². The highest BCUT2D eigenvalue weighted by molar-refractivity contribution is 6.23. The molecule has 1 unspecified atom stereocenters. The van der Waals surface area contributed by atoms with Crippen molar-refractivity contribution in [2.45, 2.75) is 19.3 Å². The van der Waals surface area contributed by atoms with Crippen molar-refractivity contribution in [1.29, 1.82) is 0 Å². The van der Waals surface area contributed by atoms with Gasteiger partial charge in [-0.1, -0.05) is 12.1 Å². The van der Waals surface area contributed by atoms with Gasteiger partial charge in [-0.05, 0) is 43.3 Å². The maximum atomic E-state index is 12.4. The first-order valence-corrected chi connectivity index (χ1v) is 7.81. The van der Waals surface area contributed by atoms with Gasteiger partial charge >= 0.3 is 6.36 Å². The highest BCUT2D eigenvalue weighted by Gasteiger charge is 2.40. The van der Waals surface area contributed by atoms with Gasteiger partial charge in [-0.15, -0.1) is 13.2 Å². The van der Waals surface area contributed by atoms with Gasteiger partial charge in [0.15, 0.2) is 0 Å². The van der Waals surface area contributed by atoms with Gasteiger partial charge in [0, 0.05) is 5.69 Å². The van der Waals surface area contributed by atoms with E-state index in [-0.39, 0.29) is 16.8 Å². The summed E-state index contributed by atoms with van der Waals surface area (Å²) in [7, 11) is 0. The van der Waals surface area contributed by atoms with Gasteiger partial charge in [0.2, 0.25) is 5.91 Å². The van der Waals surface area contributed by atoms with Gasteiger partial charge in [-0.25, -0.2) is 0 Å². The number of carbonyl (C=O) groups is 3. The molecule has 1 aliphatic heterocycles. The molecule has 0 aliphatic carbocycles. The Balaban J connectivity index is 1.70. The number of carbonyl (C=O) groups excluding carboxylic acids is 3. The number of hydrogen-bond donors (Lipinski definition) is 1.